The highest BCUT2D eigenvalue weighted by atomic mass is 17.1. The van der Waals surface area contributed by atoms with Crippen LogP contribution in [0, 0.1) is 5.92 Å². The molecule has 1 unspecified atom stereocenters. The van der Waals surface area contributed by atoms with Crippen LogP contribution in [0.25, 0.3) is 22.5 Å². The number of carbonyl (C=O) groups is 3. The molecule has 19 nitrogen and oxygen atoms in total. The number of aromatic nitrogens is 4. The average Bonchev–Trinajstić information content (AvgIpc) is 3.68. The fourth-order valence-electron chi connectivity index (χ4n) is 5.68. The molecule has 0 radical (unpaired) electrons. The number of rotatable bonds is 22. The van der Waals surface area contributed by atoms with E-state index >= 15 is 0 Å². The van der Waals surface area contributed by atoms with Crippen LogP contribution in [0.4, 0.5) is 4.79 Å². The van der Waals surface area contributed by atoms with E-state index in [1.54, 1.807) is 24.0 Å². The minimum atomic E-state index is -1.01. The van der Waals surface area contributed by atoms with Crippen LogP contribution in [0.5, 0.6) is 5.75 Å². The van der Waals surface area contributed by atoms with Crippen LogP contribution < -0.4 is 4.74 Å². The normalized spacial score (nSPS) is 12.5. The molecule has 0 fully saturated rings. The number of ether oxygens (including phenoxy) is 3. The SMILES string of the molecule is CCCCC(=O)N(Cc1ccc(-c2ccccc2-c2nnn(C(C)OC(=O)Oc3ccc(CON(O)O)cc3)n2)cc1)[C@H](C(=O)OCCCCON(O)O)C(C)C. The van der Waals surface area contributed by atoms with Crippen molar-refractivity contribution >= 4 is 18.0 Å². The van der Waals surface area contributed by atoms with Gasteiger partial charge in [-0.25, -0.2) is 14.4 Å². The van der Waals surface area contributed by atoms with Crippen LogP contribution in [0.3, 0.4) is 0 Å². The molecule has 4 N–H and O–H groups in total. The van der Waals surface area contributed by atoms with Gasteiger partial charge in [-0.05, 0) is 71.7 Å². The first kappa shape index (κ1) is 44.3. The number of hydrogen-bond donors (Lipinski definition) is 4. The summed E-state index contributed by atoms with van der Waals surface area (Å²) < 4.78 is 16.1. The minimum absolute atomic E-state index is 0.0277. The van der Waals surface area contributed by atoms with E-state index in [4.69, 9.17) is 35.0 Å². The molecule has 3 aromatic carbocycles. The van der Waals surface area contributed by atoms with Crippen molar-refractivity contribution in [1.82, 2.24) is 35.9 Å². The first-order chi connectivity index (χ1) is 27.4. The molecule has 0 bridgehead atoms. The van der Waals surface area contributed by atoms with Crippen molar-refractivity contribution < 1.29 is 59.1 Å². The van der Waals surface area contributed by atoms with E-state index in [2.05, 4.69) is 25.1 Å². The van der Waals surface area contributed by atoms with Gasteiger partial charge in [0.1, 0.15) is 11.8 Å². The molecule has 0 spiro atoms. The summed E-state index contributed by atoms with van der Waals surface area (Å²) in [6, 6.07) is 20.3. The molecule has 308 valence electrons. The van der Waals surface area contributed by atoms with E-state index in [9.17, 15) is 14.4 Å². The van der Waals surface area contributed by atoms with Crippen molar-refractivity contribution in [1.29, 1.82) is 0 Å². The van der Waals surface area contributed by atoms with Gasteiger partial charge in [0, 0.05) is 18.5 Å². The third-order valence-corrected chi connectivity index (χ3v) is 8.54. The number of nitrogens with zero attached hydrogens (tertiary/aromatic N) is 7. The van der Waals surface area contributed by atoms with Crippen LogP contribution >= 0.6 is 0 Å². The maximum absolute atomic E-state index is 13.5. The van der Waals surface area contributed by atoms with Gasteiger partial charge in [0.15, 0.2) is 0 Å². The lowest BCUT2D eigenvalue weighted by Crippen LogP contribution is -2.48. The zero-order valence-electron chi connectivity index (χ0n) is 32.2. The average molecular weight is 796 g/mol. The van der Waals surface area contributed by atoms with Gasteiger partial charge >= 0.3 is 12.1 Å². The van der Waals surface area contributed by atoms with Gasteiger partial charge in [0.2, 0.25) is 18.0 Å². The van der Waals surface area contributed by atoms with E-state index in [-0.39, 0.29) is 61.6 Å². The van der Waals surface area contributed by atoms with Crippen molar-refractivity contribution in [3.8, 4) is 28.3 Å². The highest BCUT2D eigenvalue weighted by Crippen LogP contribution is 2.31. The Morgan fingerprint density at radius 2 is 1.44 bits per heavy atom. The lowest BCUT2D eigenvalue weighted by molar-refractivity contribution is -0.497. The molecule has 4 rings (SSSR count). The molecule has 4 aromatic rings. The molecule has 1 amide bonds. The van der Waals surface area contributed by atoms with Crippen LogP contribution in [0.1, 0.15) is 77.2 Å². The molecule has 0 saturated heterocycles. The summed E-state index contributed by atoms with van der Waals surface area (Å²) in [5.41, 5.74) is 3.69. The van der Waals surface area contributed by atoms with Crippen molar-refractivity contribution in [3.05, 3.63) is 83.9 Å². The maximum atomic E-state index is 13.5. The second kappa shape index (κ2) is 22.4. The Morgan fingerprint density at radius 3 is 2.09 bits per heavy atom. The van der Waals surface area contributed by atoms with Gasteiger partial charge in [-0.3, -0.25) is 30.5 Å². The van der Waals surface area contributed by atoms with Crippen LogP contribution in [0.2, 0.25) is 0 Å². The summed E-state index contributed by atoms with van der Waals surface area (Å²) >= 11 is 0. The summed E-state index contributed by atoms with van der Waals surface area (Å²) in [5.74, 6) is -0.434. The predicted molar refractivity (Wildman–Crippen MR) is 197 cm³/mol. The number of hydrogen-bond acceptors (Lipinski definition) is 17. The molecule has 0 aliphatic heterocycles. The monoisotopic (exact) mass is 795 g/mol. The summed E-state index contributed by atoms with van der Waals surface area (Å²) in [7, 11) is 0. The minimum Gasteiger partial charge on any atom is -0.464 e. The maximum Gasteiger partial charge on any atom is 0.515 e. The van der Waals surface area contributed by atoms with E-state index in [0.717, 1.165) is 27.9 Å². The van der Waals surface area contributed by atoms with E-state index in [1.807, 2.05) is 69.3 Å². The molecule has 0 aliphatic rings. The number of tetrazole rings is 1. The Bertz CT molecular complexity index is 1860. The fourth-order valence-corrected chi connectivity index (χ4v) is 5.68. The van der Waals surface area contributed by atoms with Gasteiger partial charge in [-0.15, -0.1) is 15.0 Å². The van der Waals surface area contributed by atoms with Crippen LogP contribution in [-0.2, 0) is 41.9 Å². The largest absolute Gasteiger partial charge is 0.515 e. The summed E-state index contributed by atoms with van der Waals surface area (Å²) in [6.45, 7) is 7.45. The molecule has 1 heterocycles. The van der Waals surface area contributed by atoms with Crippen molar-refractivity contribution in [2.24, 2.45) is 5.92 Å². The summed E-state index contributed by atoms with van der Waals surface area (Å²) in [5, 5.41) is 46.7. The number of carbonyl (C=O) groups excluding carboxylic acids is 3. The number of esters is 1. The lowest BCUT2D eigenvalue weighted by atomic mass is 9.97. The van der Waals surface area contributed by atoms with Crippen molar-refractivity contribution in [2.75, 3.05) is 13.2 Å². The Kier molecular flexibility index (Phi) is 17.4. The Balaban J connectivity index is 1.43. The molecule has 2 atom stereocenters. The number of unbranched alkanes of at least 4 members (excludes halogenated alkanes) is 2. The molecule has 0 aliphatic carbocycles. The Hall–Kier alpha value is -5.38. The Morgan fingerprint density at radius 1 is 0.789 bits per heavy atom. The van der Waals surface area contributed by atoms with Gasteiger partial charge in [-0.1, -0.05) is 87.9 Å². The second-order valence-electron chi connectivity index (χ2n) is 13.2. The van der Waals surface area contributed by atoms with Crippen molar-refractivity contribution in [2.45, 2.75) is 85.2 Å². The first-order valence-electron chi connectivity index (χ1n) is 18.4. The van der Waals surface area contributed by atoms with E-state index < -0.39 is 29.8 Å². The smallest absolute Gasteiger partial charge is 0.464 e. The van der Waals surface area contributed by atoms with E-state index in [0.29, 0.717) is 30.4 Å². The quantitative estimate of drug-likeness (QED) is 0.0303. The molecule has 57 heavy (non-hydrogen) atoms. The molecule has 0 saturated carbocycles. The molecular weight excluding hydrogens is 746 g/mol. The second-order valence-corrected chi connectivity index (χ2v) is 13.2. The molecule has 1 aromatic heterocycles. The standard InChI is InChI=1S/C38H49N7O12/c1-5-6-13-34(46)42(35(26(2)3)37(47)53-22-9-10-23-54-44(49)50)24-28-14-18-30(19-15-28)32-11-7-8-12-33(32)36-39-41-43(40-36)27(4)56-38(48)57-31-20-16-29(17-21-31)25-55-45(51)52/h7-8,11-12,14-21,26-27,35,49-52H,5-6,9-10,13,22-25H2,1-4H3/t27?,35-/m0/s1. The fraction of sp³-hybridized carbons (Fsp3) is 0.421. The summed E-state index contributed by atoms with van der Waals surface area (Å²) in [4.78, 5) is 51.2. The highest BCUT2D eigenvalue weighted by Gasteiger charge is 2.33. The third kappa shape index (κ3) is 13.9. The highest BCUT2D eigenvalue weighted by molar-refractivity contribution is 5.85. The van der Waals surface area contributed by atoms with E-state index in [1.165, 1.54) is 12.1 Å². The zero-order valence-corrected chi connectivity index (χ0v) is 32.2. The van der Waals surface area contributed by atoms with Gasteiger partial charge in [0.05, 0.1) is 30.6 Å². The zero-order chi connectivity index (χ0) is 41.3. The third-order valence-electron chi connectivity index (χ3n) is 8.54. The predicted octanol–water partition coefficient (Wildman–Crippen LogP) is 6.13. The van der Waals surface area contributed by atoms with Crippen LogP contribution in [-0.4, -0.2) is 94.0 Å². The number of amides is 1. The first-order valence-corrected chi connectivity index (χ1v) is 18.4. The molecule has 19 heteroatoms. The molecular formula is C38H49N7O12. The van der Waals surface area contributed by atoms with Crippen molar-refractivity contribution in [3.63, 3.8) is 0 Å². The van der Waals surface area contributed by atoms with Crippen LogP contribution in [0.15, 0.2) is 72.8 Å². The van der Waals surface area contributed by atoms with Gasteiger partial charge < -0.3 is 19.1 Å². The summed E-state index contributed by atoms with van der Waals surface area (Å²) in [6.07, 6.45) is 0.642. The Labute approximate surface area is 329 Å². The topological polar surface area (TPSA) is 232 Å². The van der Waals surface area contributed by atoms with Gasteiger partial charge in [-0.2, -0.15) is 0 Å². The lowest BCUT2D eigenvalue weighted by Gasteiger charge is -2.33. The van der Waals surface area contributed by atoms with Gasteiger partial charge in [0.25, 0.3) is 0 Å². The number of benzene rings is 3.